The fourth-order valence-electron chi connectivity index (χ4n) is 5.56. The zero-order valence-corrected chi connectivity index (χ0v) is 23.4. The molecular formula is C33H48O5. The number of carboxylic acid groups (broad SMARTS) is 2. The number of aliphatic carboxylic acids is 2. The molecule has 5 nitrogen and oxygen atoms in total. The van der Waals surface area contributed by atoms with Crippen molar-refractivity contribution in [3.05, 3.63) is 71.8 Å². The number of hydrogen-bond donors (Lipinski definition) is 3. The Hall–Kier alpha value is -2.66. The van der Waals surface area contributed by atoms with Crippen molar-refractivity contribution in [2.24, 2.45) is 0 Å². The first-order valence-electron chi connectivity index (χ1n) is 14.4. The largest absolute Gasteiger partial charge is 0.481 e. The van der Waals surface area contributed by atoms with Crippen LogP contribution in [0, 0.1) is 0 Å². The molecule has 0 saturated heterocycles. The van der Waals surface area contributed by atoms with Crippen molar-refractivity contribution in [1.82, 2.24) is 0 Å². The SMILES string of the molecule is CC(CCCCCC(O)CCCCCC(C)(CCC(=O)O)c1ccccc1)(CCC(=O)O)c1ccccc1. The molecule has 2 aromatic rings. The monoisotopic (exact) mass is 524 g/mol. The summed E-state index contributed by atoms with van der Waals surface area (Å²) in [5, 5.41) is 28.9. The van der Waals surface area contributed by atoms with Crippen LogP contribution in [0.5, 0.6) is 0 Å². The molecule has 2 aromatic carbocycles. The van der Waals surface area contributed by atoms with Gasteiger partial charge in [-0.1, -0.05) is 113 Å². The number of rotatable bonds is 20. The summed E-state index contributed by atoms with van der Waals surface area (Å²) in [6.45, 7) is 4.34. The van der Waals surface area contributed by atoms with E-state index in [2.05, 4.69) is 38.1 Å². The van der Waals surface area contributed by atoms with Gasteiger partial charge in [-0.3, -0.25) is 9.59 Å². The lowest BCUT2D eigenvalue weighted by Crippen LogP contribution is -2.23. The van der Waals surface area contributed by atoms with Crippen LogP contribution in [-0.4, -0.2) is 33.4 Å². The van der Waals surface area contributed by atoms with Crippen LogP contribution in [0.15, 0.2) is 60.7 Å². The molecule has 0 fully saturated rings. The van der Waals surface area contributed by atoms with E-state index in [9.17, 15) is 24.9 Å². The summed E-state index contributed by atoms with van der Waals surface area (Å²) in [7, 11) is 0. The van der Waals surface area contributed by atoms with E-state index >= 15 is 0 Å². The third-order valence-corrected chi connectivity index (χ3v) is 8.25. The summed E-state index contributed by atoms with van der Waals surface area (Å²) < 4.78 is 0. The van der Waals surface area contributed by atoms with Crippen molar-refractivity contribution >= 4 is 11.9 Å². The molecule has 2 unspecified atom stereocenters. The second kappa shape index (κ2) is 16.3. The standard InChI is InChI=1S/C33H48O5/c1-32(25-21-30(35)36,27-15-7-3-8-16-27)23-13-5-11-19-29(34)20-12-6-14-24-33(2,26-22-31(37)38)28-17-9-4-10-18-28/h3-4,7-10,15-18,29,34H,5-6,11-14,19-26H2,1-2H3,(H,35,36)(H,37,38). The Bertz CT molecular complexity index is 867. The molecule has 0 aromatic heterocycles. The summed E-state index contributed by atoms with van der Waals surface area (Å²) >= 11 is 0. The van der Waals surface area contributed by atoms with Gasteiger partial charge in [0, 0.05) is 12.8 Å². The molecule has 0 amide bonds. The zero-order valence-electron chi connectivity index (χ0n) is 23.4. The smallest absolute Gasteiger partial charge is 0.303 e. The van der Waals surface area contributed by atoms with Gasteiger partial charge in [0.2, 0.25) is 0 Å². The minimum Gasteiger partial charge on any atom is -0.481 e. The molecule has 0 aliphatic carbocycles. The minimum atomic E-state index is -0.750. The van der Waals surface area contributed by atoms with Gasteiger partial charge >= 0.3 is 11.9 Å². The second-order valence-corrected chi connectivity index (χ2v) is 11.5. The average molecular weight is 525 g/mol. The van der Waals surface area contributed by atoms with E-state index in [1.54, 1.807) is 0 Å². The number of carboxylic acids is 2. The molecule has 210 valence electrons. The Morgan fingerprint density at radius 3 is 1.32 bits per heavy atom. The topological polar surface area (TPSA) is 94.8 Å². The third kappa shape index (κ3) is 11.4. The molecular weight excluding hydrogens is 476 g/mol. The van der Waals surface area contributed by atoms with E-state index in [0.29, 0.717) is 12.8 Å². The van der Waals surface area contributed by atoms with Gasteiger partial charge in [0.25, 0.3) is 0 Å². The van der Waals surface area contributed by atoms with Gasteiger partial charge in [-0.2, -0.15) is 0 Å². The number of carbonyl (C=O) groups is 2. The van der Waals surface area contributed by atoms with Crippen molar-refractivity contribution in [1.29, 1.82) is 0 Å². The fourth-order valence-corrected chi connectivity index (χ4v) is 5.56. The molecule has 0 spiro atoms. The lowest BCUT2D eigenvalue weighted by Gasteiger charge is -2.30. The second-order valence-electron chi connectivity index (χ2n) is 11.5. The van der Waals surface area contributed by atoms with Crippen LogP contribution in [0.25, 0.3) is 0 Å². The van der Waals surface area contributed by atoms with Crippen LogP contribution in [0.1, 0.15) is 115 Å². The predicted octanol–water partition coefficient (Wildman–Crippen LogP) is 7.89. The average Bonchev–Trinajstić information content (AvgIpc) is 2.91. The van der Waals surface area contributed by atoms with Crippen LogP contribution in [0.2, 0.25) is 0 Å². The molecule has 2 atom stereocenters. The first kappa shape index (κ1) is 31.6. The first-order chi connectivity index (χ1) is 18.1. The van der Waals surface area contributed by atoms with Crippen molar-refractivity contribution in [2.75, 3.05) is 0 Å². The maximum Gasteiger partial charge on any atom is 0.303 e. The van der Waals surface area contributed by atoms with Crippen LogP contribution >= 0.6 is 0 Å². The van der Waals surface area contributed by atoms with E-state index in [1.807, 2.05) is 36.4 Å². The highest BCUT2D eigenvalue weighted by Gasteiger charge is 2.28. The summed E-state index contributed by atoms with van der Waals surface area (Å²) in [4.78, 5) is 22.3. The Balaban J connectivity index is 1.67. The van der Waals surface area contributed by atoms with Crippen molar-refractivity contribution in [2.45, 2.75) is 121 Å². The number of aliphatic hydroxyl groups is 1. The predicted molar refractivity (Wildman–Crippen MR) is 154 cm³/mol. The van der Waals surface area contributed by atoms with Crippen molar-refractivity contribution in [3.63, 3.8) is 0 Å². The van der Waals surface area contributed by atoms with Crippen LogP contribution in [0.3, 0.4) is 0 Å². The Labute approximate surface area is 229 Å². The van der Waals surface area contributed by atoms with Crippen LogP contribution < -0.4 is 0 Å². The van der Waals surface area contributed by atoms with Gasteiger partial charge in [-0.15, -0.1) is 0 Å². The molecule has 2 rings (SSSR count). The number of benzene rings is 2. The van der Waals surface area contributed by atoms with Gasteiger partial charge in [-0.05, 0) is 60.5 Å². The van der Waals surface area contributed by atoms with E-state index in [-0.39, 0.29) is 29.8 Å². The highest BCUT2D eigenvalue weighted by Crippen LogP contribution is 2.36. The Kier molecular flexibility index (Phi) is 13.6. The highest BCUT2D eigenvalue weighted by atomic mass is 16.4. The molecule has 0 saturated carbocycles. The van der Waals surface area contributed by atoms with Crippen molar-refractivity contribution in [3.8, 4) is 0 Å². The Morgan fingerprint density at radius 1 is 0.605 bits per heavy atom. The molecule has 0 bridgehead atoms. The molecule has 3 N–H and O–H groups in total. The van der Waals surface area contributed by atoms with Crippen LogP contribution in [-0.2, 0) is 20.4 Å². The van der Waals surface area contributed by atoms with Gasteiger partial charge in [0.15, 0.2) is 0 Å². The first-order valence-corrected chi connectivity index (χ1v) is 14.4. The lowest BCUT2D eigenvalue weighted by atomic mass is 9.74. The summed E-state index contributed by atoms with van der Waals surface area (Å²) in [5.41, 5.74) is 2.12. The molecule has 0 aliphatic rings. The maximum atomic E-state index is 11.2. The van der Waals surface area contributed by atoms with Gasteiger partial charge in [0.05, 0.1) is 6.10 Å². The van der Waals surface area contributed by atoms with Gasteiger partial charge in [-0.25, -0.2) is 0 Å². The normalized spacial score (nSPS) is 15.3. The molecule has 0 heterocycles. The minimum absolute atomic E-state index is 0.142. The third-order valence-electron chi connectivity index (χ3n) is 8.25. The molecule has 0 aliphatic heterocycles. The van der Waals surface area contributed by atoms with Crippen LogP contribution in [0.4, 0.5) is 0 Å². The van der Waals surface area contributed by atoms with E-state index in [1.165, 1.54) is 11.1 Å². The zero-order chi connectivity index (χ0) is 27.9. The summed E-state index contributed by atoms with van der Waals surface area (Å²) in [6.07, 6.45) is 10.9. The quantitative estimate of drug-likeness (QED) is 0.153. The number of hydrogen-bond acceptors (Lipinski definition) is 3. The summed E-state index contributed by atoms with van der Waals surface area (Å²) in [6, 6.07) is 20.4. The van der Waals surface area contributed by atoms with Gasteiger partial charge in [0.1, 0.15) is 0 Å². The number of aliphatic hydroxyl groups excluding tert-OH is 1. The van der Waals surface area contributed by atoms with Crippen molar-refractivity contribution < 1.29 is 24.9 Å². The lowest BCUT2D eigenvalue weighted by molar-refractivity contribution is -0.138. The van der Waals surface area contributed by atoms with E-state index < -0.39 is 11.9 Å². The number of unbranched alkanes of at least 4 members (excludes halogenated alkanes) is 4. The fraction of sp³-hybridized carbons (Fsp3) is 0.576. The molecule has 5 heteroatoms. The highest BCUT2D eigenvalue weighted by molar-refractivity contribution is 5.67. The molecule has 0 radical (unpaired) electrons. The maximum absolute atomic E-state index is 11.2. The molecule has 38 heavy (non-hydrogen) atoms. The van der Waals surface area contributed by atoms with E-state index in [0.717, 1.165) is 64.2 Å². The van der Waals surface area contributed by atoms with Gasteiger partial charge < -0.3 is 15.3 Å². The Morgan fingerprint density at radius 2 is 0.974 bits per heavy atom. The summed E-state index contributed by atoms with van der Waals surface area (Å²) in [5.74, 6) is -1.50. The van der Waals surface area contributed by atoms with E-state index in [4.69, 9.17) is 0 Å².